The second kappa shape index (κ2) is 9.60. The van der Waals surface area contributed by atoms with Crippen molar-refractivity contribution in [3.05, 3.63) is 87.9 Å². The Balaban J connectivity index is 1.31. The van der Waals surface area contributed by atoms with Crippen LogP contribution in [0.5, 0.6) is 0 Å². The molecule has 5 rings (SSSR count). The lowest BCUT2D eigenvalue weighted by atomic mass is 9.67. The summed E-state index contributed by atoms with van der Waals surface area (Å²) >= 11 is 5.65. The molecule has 11 heteroatoms. The number of carbonyl (C=O) groups is 2. The molecule has 1 heterocycles. The molecular weight excluding hydrogens is 521 g/mol. The lowest BCUT2D eigenvalue weighted by molar-refractivity contribution is -0.143. The van der Waals surface area contributed by atoms with Crippen LogP contribution >= 0.6 is 11.6 Å². The van der Waals surface area contributed by atoms with Crippen LogP contribution in [0.15, 0.2) is 71.8 Å². The van der Waals surface area contributed by atoms with Crippen molar-refractivity contribution in [3.63, 3.8) is 0 Å². The highest BCUT2D eigenvalue weighted by molar-refractivity contribution is 6.31. The van der Waals surface area contributed by atoms with Gasteiger partial charge in [-0.25, -0.2) is 4.98 Å². The largest absolute Gasteiger partial charge is 0.417 e. The van der Waals surface area contributed by atoms with Gasteiger partial charge in [0, 0.05) is 11.4 Å². The molecule has 0 aliphatic heterocycles. The minimum Gasteiger partial charge on any atom is -0.325 e. The molecule has 2 amide bonds. The third-order valence-electron chi connectivity index (χ3n) is 6.72. The van der Waals surface area contributed by atoms with Gasteiger partial charge >= 0.3 is 6.18 Å². The number of rotatable bonds is 5. The van der Waals surface area contributed by atoms with Crippen molar-refractivity contribution in [1.82, 2.24) is 9.97 Å². The quantitative estimate of drug-likeness (QED) is 0.270. The molecule has 0 saturated heterocycles. The maximum absolute atomic E-state index is 13.2. The average Bonchev–Trinajstić information content (AvgIpc) is 2.84. The van der Waals surface area contributed by atoms with Gasteiger partial charge in [-0.1, -0.05) is 36.2 Å². The van der Waals surface area contributed by atoms with Crippen LogP contribution in [0, 0.1) is 5.41 Å². The van der Waals surface area contributed by atoms with E-state index in [9.17, 15) is 27.6 Å². The summed E-state index contributed by atoms with van der Waals surface area (Å²) in [5, 5.41) is 5.19. The molecule has 194 valence electrons. The zero-order valence-electron chi connectivity index (χ0n) is 19.7. The van der Waals surface area contributed by atoms with Gasteiger partial charge < -0.3 is 15.6 Å². The molecule has 0 unspecified atom stereocenters. The number of carbonyl (C=O) groups excluding carboxylic acids is 2. The number of amides is 2. The Morgan fingerprint density at radius 3 is 2.16 bits per heavy atom. The highest BCUT2D eigenvalue weighted by atomic mass is 35.5. The zero-order valence-corrected chi connectivity index (χ0v) is 20.4. The Morgan fingerprint density at radius 1 is 0.895 bits per heavy atom. The van der Waals surface area contributed by atoms with E-state index in [4.69, 9.17) is 11.6 Å². The number of halogens is 4. The molecule has 0 spiro atoms. The van der Waals surface area contributed by atoms with E-state index >= 15 is 0 Å². The van der Waals surface area contributed by atoms with Gasteiger partial charge in [-0.3, -0.25) is 14.4 Å². The molecule has 7 nitrogen and oxygen atoms in total. The number of nitrogens with one attached hydrogen (secondary N) is 3. The lowest BCUT2D eigenvalue weighted by Gasteiger charge is -2.38. The van der Waals surface area contributed by atoms with Crippen molar-refractivity contribution >= 4 is 45.7 Å². The fourth-order valence-electron chi connectivity index (χ4n) is 4.40. The van der Waals surface area contributed by atoms with Crippen molar-refractivity contribution in [2.45, 2.75) is 25.4 Å². The number of benzene rings is 3. The van der Waals surface area contributed by atoms with Gasteiger partial charge in [-0.05, 0) is 66.4 Å². The molecule has 1 saturated carbocycles. The second-order valence-electron chi connectivity index (χ2n) is 9.08. The Kier molecular flexibility index (Phi) is 6.44. The maximum atomic E-state index is 13.2. The summed E-state index contributed by atoms with van der Waals surface area (Å²) in [5.41, 5.74) is -0.140. The highest BCUT2D eigenvalue weighted by Gasteiger charge is 2.51. The Bertz CT molecular complexity index is 1610. The Labute approximate surface area is 219 Å². The third kappa shape index (κ3) is 4.74. The Morgan fingerprint density at radius 2 is 1.53 bits per heavy atom. The van der Waals surface area contributed by atoms with E-state index in [1.54, 1.807) is 42.5 Å². The minimum absolute atomic E-state index is 0.0954. The van der Waals surface area contributed by atoms with Crippen LogP contribution < -0.4 is 16.2 Å². The standard InChI is InChI=1S/C27H20ClF3N4O3/c28-21-9-7-18(13-20(21)27(29,30)31)35-25(38)26(10-1-11-26)24(37)34-17-5-2-15(3-6-17)16-4-8-19-22(12-16)32-14-33-23(19)36/h2-9,12-14H,1,10-11H2,(H,34,37)(H,35,38)(H,32,33,36). The monoisotopic (exact) mass is 540 g/mol. The first-order chi connectivity index (χ1) is 18.1. The van der Waals surface area contributed by atoms with Crippen LogP contribution in [-0.4, -0.2) is 21.8 Å². The van der Waals surface area contributed by atoms with E-state index in [1.807, 2.05) is 0 Å². The number of aromatic amines is 1. The number of hydrogen-bond acceptors (Lipinski definition) is 4. The van der Waals surface area contributed by atoms with Crippen molar-refractivity contribution in [2.75, 3.05) is 10.6 Å². The summed E-state index contributed by atoms with van der Waals surface area (Å²) in [5.74, 6) is -1.21. The van der Waals surface area contributed by atoms with Gasteiger partial charge in [0.25, 0.3) is 5.56 Å². The molecule has 0 atom stereocenters. The van der Waals surface area contributed by atoms with E-state index in [1.165, 1.54) is 12.4 Å². The van der Waals surface area contributed by atoms with Crippen molar-refractivity contribution in [3.8, 4) is 11.1 Å². The predicted molar refractivity (Wildman–Crippen MR) is 138 cm³/mol. The summed E-state index contributed by atoms with van der Waals surface area (Å²) < 4.78 is 39.6. The average molecular weight is 541 g/mol. The lowest BCUT2D eigenvalue weighted by Crippen LogP contribution is -2.50. The van der Waals surface area contributed by atoms with E-state index < -0.39 is 34.0 Å². The maximum Gasteiger partial charge on any atom is 0.417 e. The van der Waals surface area contributed by atoms with Gasteiger partial charge in [-0.15, -0.1) is 0 Å². The van der Waals surface area contributed by atoms with Crippen LogP contribution in [0.25, 0.3) is 22.0 Å². The van der Waals surface area contributed by atoms with E-state index in [0.717, 1.165) is 23.3 Å². The molecule has 1 fully saturated rings. The summed E-state index contributed by atoms with van der Waals surface area (Å²) in [6.45, 7) is 0. The molecule has 1 aliphatic rings. The fourth-order valence-corrected chi connectivity index (χ4v) is 4.63. The first kappa shape index (κ1) is 25.5. The van der Waals surface area contributed by atoms with Crippen LogP contribution in [0.2, 0.25) is 5.02 Å². The molecule has 4 aromatic rings. The van der Waals surface area contributed by atoms with Crippen molar-refractivity contribution < 1.29 is 22.8 Å². The zero-order chi connectivity index (χ0) is 27.1. The first-order valence-corrected chi connectivity index (χ1v) is 12.0. The number of hydrogen-bond donors (Lipinski definition) is 3. The number of anilines is 2. The fraction of sp³-hybridized carbons (Fsp3) is 0.185. The van der Waals surface area contributed by atoms with Gasteiger partial charge in [0.1, 0.15) is 5.41 Å². The number of fused-ring (bicyclic) bond motifs is 1. The number of aromatic nitrogens is 2. The first-order valence-electron chi connectivity index (χ1n) is 11.6. The van der Waals surface area contributed by atoms with Gasteiger partial charge in [-0.2, -0.15) is 13.2 Å². The number of nitrogens with zero attached hydrogens (tertiary/aromatic N) is 1. The van der Waals surface area contributed by atoms with Crippen LogP contribution in [0.3, 0.4) is 0 Å². The normalized spacial score (nSPS) is 14.5. The van der Waals surface area contributed by atoms with Crippen LogP contribution in [-0.2, 0) is 15.8 Å². The number of alkyl halides is 3. The van der Waals surface area contributed by atoms with Gasteiger partial charge in [0.05, 0.1) is 27.8 Å². The molecule has 1 aromatic heterocycles. The smallest absolute Gasteiger partial charge is 0.325 e. The van der Waals surface area contributed by atoms with Crippen molar-refractivity contribution in [1.29, 1.82) is 0 Å². The summed E-state index contributed by atoms with van der Waals surface area (Å²) in [7, 11) is 0. The Hall–Kier alpha value is -4.18. The second-order valence-corrected chi connectivity index (χ2v) is 9.48. The molecule has 3 aromatic carbocycles. The number of H-pyrrole nitrogens is 1. The molecular formula is C27H20ClF3N4O3. The molecule has 3 N–H and O–H groups in total. The SMILES string of the molecule is O=C(Nc1ccc(-c2ccc3c(=O)[nH]cnc3c2)cc1)C1(C(=O)Nc2ccc(Cl)c(C(F)(F)F)c2)CCC1. The minimum atomic E-state index is -4.68. The summed E-state index contributed by atoms with van der Waals surface area (Å²) in [4.78, 5) is 44.8. The van der Waals surface area contributed by atoms with E-state index in [2.05, 4.69) is 20.6 Å². The van der Waals surface area contributed by atoms with Gasteiger partial charge in [0.15, 0.2) is 0 Å². The summed E-state index contributed by atoms with van der Waals surface area (Å²) in [6.07, 6.45) is -2.18. The molecule has 0 bridgehead atoms. The van der Waals surface area contributed by atoms with Crippen LogP contribution in [0.1, 0.15) is 24.8 Å². The topological polar surface area (TPSA) is 104 Å². The van der Waals surface area contributed by atoms with Gasteiger partial charge in [0.2, 0.25) is 11.8 Å². The van der Waals surface area contributed by atoms with Crippen LogP contribution in [0.4, 0.5) is 24.5 Å². The summed E-state index contributed by atoms with van der Waals surface area (Å²) in [6, 6.07) is 15.3. The molecule has 0 radical (unpaired) electrons. The third-order valence-corrected chi connectivity index (χ3v) is 7.05. The van der Waals surface area contributed by atoms with E-state index in [0.29, 0.717) is 23.0 Å². The van der Waals surface area contributed by atoms with E-state index in [-0.39, 0.29) is 24.1 Å². The van der Waals surface area contributed by atoms with Crippen molar-refractivity contribution in [2.24, 2.45) is 5.41 Å². The highest BCUT2D eigenvalue weighted by Crippen LogP contribution is 2.43. The predicted octanol–water partition coefficient (Wildman–Crippen LogP) is 6.01. The molecule has 38 heavy (non-hydrogen) atoms. The molecule has 1 aliphatic carbocycles.